The topological polar surface area (TPSA) is 110 Å². The van der Waals surface area contributed by atoms with Crippen molar-refractivity contribution in [2.45, 2.75) is 69.6 Å². The fourth-order valence-electron chi connectivity index (χ4n) is 5.12. The monoisotopic (exact) mass is 550 g/mol. The molecule has 1 fully saturated rings. The van der Waals surface area contributed by atoms with Crippen molar-refractivity contribution in [1.82, 2.24) is 30.1 Å². The molecule has 1 aromatic heterocycles. The number of likely N-dealkylation sites (N-methyl/N-ethyl adjacent to an activating group) is 2. The highest BCUT2D eigenvalue weighted by Gasteiger charge is 2.25. The van der Waals surface area contributed by atoms with Gasteiger partial charge in [-0.05, 0) is 57.8 Å². The zero-order chi connectivity index (χ0) is 28.7. The fourth-order valence-corrected chi connectivity index (χ4v) is 5.12. The van der Waals surface area contributed by atoms with E-state index < -0.39 is 6.04 Å². The summed E-state index contributed by atoms with van der Waals surface area (Å²) in [6, 6.07) is 6.03. The van der Waals surface area contributed by atoms with Crippen LogP contribution in [0.2, 0.25) is 0 Å². The van der Waals surface area contributed by atoms with Crippen molar-refractivity contribution in [3.8, 4) is 11.8 Å². The van der Waals surface area contributed by atoms with Gasteiger partial charge in [-0.15, -0.1) is 5.10 Å². The third-order valence-electron chi connectivity index (χ3n) is 7.70. The number of aldehydes is 2. The maximum atomic E-state index is 11.7. The first-order valence-electron chi connectivity index (χ1n) is 14.0. The summed E-state index contributed by atoms with van der Waals surface area (Å²) in [4.78, 5) is 39.2. The number of nitrogens with zero attached hydrogens (tertiary/aromatic N) is 5. The van der Waals surface area contributed by atoms with E-state index in [1.165, 1.54) is 0 Å². The van der Waals surface area contributed by atoms with E-state index in [4.69, 9.17) is 4.74 Å². The molecule has 0 spiro atoms. The lowest BCUT2D eigenvalue weighted by Crippen LogP contribution is -2.37. The van der Waals surface area contributed by atoms with Gasteiger partial charge in [0.1, 0.15) is 12.6 Å². The number of carbonyl (C=O) groups excluding carboxylic acids is 3. The van der Waals surface area contributed by atoms with Crippen LogP contribution in [-0.4, -0.2) is 96.3 Å². The molecule has 1 aliphatic carbocycles. The maximum Gasteiger partial charge on any atom is 0.219 e. The molecule has 1 aromatic carbocycles. The second-order valence-electron chi connectivity index (χ2n) is 10.3. The van der Waals surface area contributed by atoms with Crippen molar-refractivity contribution in [3.05, 3.63) is 47.3 Å². The number of carbonyl (C=O) groups is 3. The van der Waals surface area contributed by atoms with Crippen LogP contribution >= 0.6 is 0 Å². The summed E-state index contributed by atoms with van der Waals surface area (Å²) in [5, 5.41) is 10.6. The van der Waals surface area contributed by atoms with Gasteiger partial charge in [0.15, 0.2) is 0 Å². The Kier molecular flexibility index (Phi) is 13.0. The Morgan fingerprint density at radius 3 is 2.70 bits per heavy atom. The lowest BCUT2D eigenvalue weighted by Gasteiger charge is -2.34. The summed E-state index contributed by atoms with van der Waals surface area (Å²) in [5.74, 6) is 6.24. The van der Waals surface area contributed by atoms with E-state index in [0.29, 0.717) is 50.2 Å². The van der Waals surface area contributed by atoms with Gasteiger partial charge in [-0.2, -0.15) is 0 Å². The van der Waals surface area contributed by atoms with Crippen LogP contribution in [-0.2, 0) is 20.9 Å². The molecule has 10 nitrogen and oxygen atoms in total. The average molecular weight is 551 g/mol. The van der Waals surface area contributed by atoms with Gasteiger partial charge in [0.2, 0.25) is 5.91 Å². The summed E-state index contributed by atoms with van der Waals surface area (Å²) < 4.78 is 7.83. The lowest BCUT2D eigenvalue weighted by atomic mass is 9.90. The molecule has 1 amide bonds. The number of nitrogens with one attached hydrogen (secondary N) is 1. The van der Waals surface area contributed by atoms with E-state index in [9.17, 15) is 14.4 Å². The van der Waals surface area contributed by atoms with Crippen LogP contribution in [0, 0.1) is 11.8 Å². The van der Waals surface area contributed by atoms with Gasteiger partial charge in [0.05, 0.1) is 31.5 Å². The minimum Gasteiger partial charge on any atom is -0.379 e. The Bertz CT molecular complexity index is 1130. The summed E-state index contributed by atoms with van der Waals surface area (Å²) >= 11 is 0. The number of amides is 1. The van der Waals surface area contributed by atoms with Gasteiger partial charge in [-0.25, -0.2) is 4.68 Å². The zero-order valence-corrected chi connectivity index (χ0v) is 23.9. The van der Waals surface area contributed by atoms with E-state index in [0.717, 1.165) is 55.9 Å². The Hall–Kier alpha value is -3.39. The largest absolute Gasteiger partial charge is 0.379 e. The quantitative estimate of drug-likeness (QED) is 0.205. The van der Waals surface area contributed by atoms with Gasteiger partial charge in [0, 0.05) is 56.3 Å². The highest BCUT2D eigenvalue weighted by molar-refractivity contribution is 5.79. The smallest absolute Gasteiger partial charge is 0.219 e. The van der Waals surface area contributed by atoms with E-state index in [1.54, 1.807) is 19.3 Å². The highest BCUT2D eigenvalue weighted by atomic mass is 16.5. The number of aromatic nitrogens is 3. The van der Waals surface area contributed by atoms with Crippen LogP contribution in [0.5, 0.6) is 0 Å². The molecule has 0 bridgehead atoms. The SMILES string of the molecule is CNC(=O)CCC(C=O)N(C)Cc1c(C#CCCOCCN(C)C2CCC(n3ccnn3)CC2)cccc1C=O. The molecule has 2 aromatic rings. The van der Waals surface area contributed by atoms with Crippen molar-refractivity contribution in [3.63, 3.8) is 0 Å². The first kappa shape index (κ1) is 31.1. The van der Waals surface area contributed by atoms with Gasteiger partial charge in [-0.1, -0.05) is 29.2 Å². The molecule has 0 saturated heterocycles. The number of ether oxygens (including phenoxy) is 1. The zero-order valence-electron chi connectivity index (χ0n) is 23.9. The molecule has 1 aliphatic rings. The molecule has 1 atom stereocenters. The molecule has 1 heterocycles. The molecule has 40 heavy (non-hydrogen) atoms. The normalized spacial score (nSPS) is 17.7. The lowest BCUT2D eigenvalue weighted by molar-refractivity contribution is -0.121. The Labute approximate surface area is 237 Å². The Morgan fingerprint density at radius 1 is 1.23 bits per heavy atom. The van der Waals surface area contributed by atoms with Gasteiger partial charge >= 0.3 is 0 Å². The number of rotatable bonds is 15. The fraction of sp³-hybridized carbons (Fsp3) is 0.567. The van der Waals surface area contributed by atoms with Crippen molar-refractivity contribution in [2.24, 2.45) is 0 Å². The van der Waals surface area contributed by atoms with Crippen molar-refractivity contribution < 1.29 is 19.1 Å². The van der Waals surface area contributed by atoms with Crippen molar-refractivity contribution >= 4 is 18.5 Å². The highest BCUT2D eigenvalue weighted by Crippen LogP contribution is 2.29. The second-order valence-corrected chi connectivity index (χ2v) is 10.3. The first-order chi connectivity index (χ1) is 19.5. The predicted octanol–water partition coefficient (Wildman–Crippen LogP) is 2.49. The molecule has 1 unspecified atom stereocenters. The van der Waals surface area contributed by atoms with Crippen LogP contribution in [0.1, 0.15) is 72.5 Å². The summed E-state index contributed by atoms with van der Waals surface area (Å²) in [6.45, 7) is 2.44. The number of benzene rings is 1. The molecule has 0 aliphatic heterocycles. The minimum atomic E-state index is -0.437. The molecule has 3 rings (SSSR count). The molecule has 216 valence electrons. The summed E-state index contributed by atoms with van der Waals surface area (Å²) in [5.41, 5.74) is 2.08. The van der Waals surface area contributed by atoms with Crippen LogP contribution in [0.4, 0.5) is 0 Å². The van der Waals surface area contributed by atoms with Gasteiger partial charge in [-0.3, -0.25) is 14.5 Å². The maximum absolute atomic E-state index is 11.7. The first-order valence-corrected chi connectivity index (χ1v) is 14.0. The molecule has 10 heteroatoms. The number of hydrogen-bond acceptors (Lipinski definition) is 8. The van der Waals surface area contributed by atoms with Crippen molar-refractivity contribution in [1.29, 1.82) is 0 Å². The number of hydrogen-bond donors (Lipinski definition) is 1. The van der Waals surface area contributed by atoms with Crippen LogP contribution in [0.25, 0.3) is 0 Å². The summed E-state index contributed by atoms with van der Waals surface area (Å²) in [6.07, 6.45) is 11.1. The van der Waals surface area contributed by atoms with E-state index in [2.05, 4.69) is 39.4 Å². The van der Waals surface area contributed by atoms with E-state index in [1.807, 2.05) is 35.0 Å². The van der Waals surface area contributed by atoms with Crippen LogP contribution in [0.3, 0.4) is 0 Å². The Balaban J connectivity index is 1.43. The van der Waals surface area contributed by atoms with Crippen LogP contribution in [0.15, 0.2) is 30.6 Å². The second kappa shape index (κ2) is 16.7. The molecular formula is C30H42N6O4. The van der Waals surface area contributed by atoms with Crippen LogP contribution < -0.4 is 5.32 Å². The third-order valence-corrected chi connectivity index (χ3v) is 7.70. The van der Waals surface area contributed by atoms with Gasteiger partial charge < -0.3 is 19.7 Å². The molecule has 1 saturated carbocycles. The predicted molar refractivity (Wildman–Crippen MR) is 153 cm³/mol. The third kappa shape index (κ3) is 9.37. The summed E-state index contributed by atoms with van der Waals surface area (Å²) in [7, 11) is 5.55. The van der Waals surface area contributed by atoms with Gasteiger partial charge in [0.25, 0.3) is 0 Å². The van der Waals surface area contributed by atoms with E-state index >= 15 is 0 Å². The molecule has 0 radical (unpaired) electrons. The Morgan fingerprint density at radius 2 is 2.02 bits per heavy atom. The molecular weight excluding hydrogens is 508 g/mol. The minimum absolute atomic E-state index is 0.111. The standard InChI is InChI=1S/C30H42N6O4/c1-31-30(39)15-14-28(23-38)35(3)21-29-24(8-6-9-25(29)22-37)7-4-5-19-40-20-18-34(2)26-10-12-27(13-11-26)36-17-16-32-33-36/h6,8-9,16-17,22-23,26-28H,5,10-15,18-21H2,1-3H3,(H,31,39). The van der Waals surface area contributed by atoms with E-state index in [-0.39, 0.29) is 12.3 Å². The molecule has 1 N–H and O–H groups in total. The average Bonchev–Trinajstić information content (AvgIpc) is 3.52. The van der Waals surface area contributed by atoms with Crippen molar-refractivity contribution in [2.75, 3.05) is 40.9 Å².